The number of nitrogens with zero attached hydrogens (tertiary/aromatic N) is 2. The Labute approximate surface area is 378 Å². The maximum atomic E-state index is 2.55. The van der Waals surface area contributed by atoms with E-state index in [1.807, 2.05) is 0 Å². The van der Waals surface area contributed by atoms with E-state index in [9.17, 15) is 0 Å². The quantitative estimate of drug-likeness (QED) is 0.151. The molecule has 0 radical (unpaired) electrons. The third kappa shape index (κ3) is 6.15. The minimum absolute atomic E-state index is 0.171. The minimum Gasteiger partial charge on any atom is -0.310 e. The summed E-state index contributed by atoms with van der Waals surface area (Å²) >= 11 is 0. The average Bonchev–Trinajstić information content (AvgIpc) is 3.75. The number of fused-ring (bicyclic) bond motifs is 6. The van der Waals surface area contributed by atoms with E-state index in [4.69, 9.17) is 0 Å². The standard InChI is InChI=1S/C62H52N2/c1-41-20-29-47(30-21-41)63(48-31-22-42(2)23-32-48)51-39-58-60(59(40-51)64(49-33-24-43(3)25-34-49)50-35-26-44(4)27-36-50)54-17-11-13-19-56(54)62(58,45-14-8-7-9-15-45)46-28-37-53-52-16-10-12-18-55(52)61(5,6)57(53)38-46/h7-40H,1-6H3. The molecule has 9 aromatic carbocycles. The van der Waals surface area contributed by atoms with Crippen molar-refractivity contribution in [1.82, 2.24) is 0 Å². The molecule has 0 saturated carbocycles. The third-order valence-electron chi connectivity index (χ3n) is 14.0. The summed E-state index contributed by atoms with van der Waals surface area (Å²) in [6, 6.07) is 77.8. The fourth-order valence-electron chi connectivity index (χ4n) is 10.7. The van der Waals surface area contributed by atoms with Crippen molar-refractivity contribution in [3.05, 3.63) is 262 Å². The molecule has 9 aromatic rings. The zero-order valence-electron chi connectivity index (χ0n) is 37.5. The molecule has 0 saturated heterocycles. The molecule has 0 heterocycles. The lowest BCUT2D eigenvalue weighted by atomic mass is 9.66. The van der Waals surface area contributed by atoms with Crippen molar-refractivity contribution >= 4 is 34.1 Å². The maximum absolute atomic E-state index is 2.55. The highest BCUT2D eigenvalue weighted by Crippen LogP contribution is 2.62. The van der Waals surface area contributed by atoms with Gasteiger partial charge in [-0.1, -0.05) is 182 Å². The molecule has 0 amide bonds. The highest BCUT2D eigenvalue weighted by molar-refractivity contribution is 6.00. The van der Waals surface area contributed by atoms with Crippen molar-refractivity contribution in [3.63, 3.8) is 0 Å². The van der Waals surface area contributed by atoms with Crippen LogP contribution in [0, 0.1) is 27.7 Å². The Balaban J connectivity index is 1.30. The topological polar surface area (TPSA) is 6.48 Å². The second-order valence-corrected chi connectivity index (χ2v) is 18.5. The summed E-state index contributed by atoms with van der Waals surface area (Å²) in [5.74, 6) is 0. The summed E-state index contributed by atoms with van der Waals surface area (Å²) in [6.07, 6.45) is 0. The minimum atomic E-state index is -0.670. The van der Waals surface area contributed by atoms with Crippen molar-refractivity contribution in [3.8, 4) is 22.3 Å². The number of benzene rings is 9. The van der Waals surface area contributed by atoms with Gasteiger partial charge in [-0.05, 0) is 138 Å². The maximum Gasteiger partial charge on any atom is 0.0715 e. The second kappa shape index (κ2) is 15.1. The molecule has 0 aliphatic heterocycles. The van der Waals surface area contributed by atoms with E-state index >= 15 is 0 Å². The van der Waals surface area contributed by atoms with Gasteiger partial charge in [0.25, 0.3) is 0 Å². The Morgan fingerprint density at radius 3 is 1.31 bits per heavy atom. The van der Waals surface area contributed by atoms with Gasteiger partial charge in [-0.25, -0.2) is 0 Å². The van der Waals surface area contributed by atoms with Crippen LogP contribution in [-0.4, -0.2) is 0 Å². The highest BCUT2D eigenvalue weighted by atomic mass is 15.2. The summed E-state index contributed by atoms with van der Waals surface area (Å²) in [4.78, 5) is 4.94. The molecule has 0 bridgehead atoms. The monoisotopic (exact) mass is 824 g/mol. The van der Waals surface area contributed by atoms with Gasteiger partial charge in [-0.3, -0.25) is 0 Å². The van der Waals surface area contributed by atoms with E-state index in [0.29, 0.717) is 0 Å². The Kier molecular flexibility index (Phi) is 9.33. The number of aryl methyl sites for hydroxylation is 4. The zero-order chi connectivity index (χ0) is 43.7. The van der Waals surface area contributed by atoms with Crippen LogP contribution in [0.2, 0.25) is 0 Å². The average molecular weight is 825 g/mol. The SMILES string of the molecule is Cc1ccc(N(c2ccc(C)cc2)c2cc(N(c3ccc(C)cc3)c3ccc(C)cc3)c3c(c2)C(c2ccccc2)(c2ccc4c(c2)C(C)(C)c2ccccc2-4)c2ccccc2-3)cc1. The van der Waals surface area contributed by atoms with Gasteiger partial charge in [-0.15, -0.1) is 0 Å². The molecule has 2 nitrogen and oxygen atoms in total. The molecule has 2 aliphatic carbocycles. The largest absolute Gasteiger partial charge is 0.310 e. The van der Waals surface area contributed by atoms with E-state index in [0.717, 1.165) is 34.1 Å². The first-order valence-electron chi connectivity index (χ1n) is 22.6. The van der Waals surface area contributed by atoms with Crippen molar-refractivity contribution in [2.45, 2.75) is 52.4 Å². The van der Waals surface area contributed by atoms with Gasteiger partial charge in [0.1, 0.15) is 0 Å². The Bertz CT molecular complexity index is 3110. The second-order valence-electron chi connectivity index (χ2n) is 18.5. The molecule has 0 fully saturated rings. The van der Waals surface area contributed by atoms with E-state index in [1.54, 1.807) is 0 Å². The van der Waals surface area contributed by atoms with Gasteiger partial charge in [0.2, 0.25) is 0 Å². The van der Waals surface area contributed by atoms with Crippen LogP contribution in [0.4, 0.5) is 34.1 Å². The van der Waals surface area contributed by atoms with Gasteiger partial charge in [0.15, 0.2) is 0 Å². The first kappa shape index (κ1) is 39.4. The lowest BCUT2D eigenvalue weighted by molar-refractivity contribution is 0.655. The number of anilines is 6. The Morgan fingerprint density at radius 1 is 0.312 bits per heavy atom. The van der Waals surface area contributed by atoms with Crippen LogP contribution in [0.15, 0.2) is 206 Å². The molecule has 64 heavy (non-hydrogen) atoms. The molecule has 310 valence electrons. The van der Waals surface area contributed by atoms with Crippen molar-refractivity contribution in [2.75, 3.05) is 9.80 Å². The summed E-state index contributed by atoms with van der Waals surface area (Å²) in [6.45, 7) is 13.4. The van der Waals surface area contributed by atoms with Crippen LogP contribution in [0.5, 0.6) is 0 Å². The van der Waals surface area contributed by atoms with E-state index in [2.05, 4.69) is 258 Å². The predicted molar refractivity (Wildman–Crippen MR) is 270 cm³/mol. The van der Waals surface area contributed by atoms with E-state index in [-0.39, 0.29) is 5.41 Å². The number of hydrogen-bond acceptors (Lipinski definition) is 2. The fraction of sp³-hybridized carbons (Fsp3) is 0.129. The van der Waals surface area contributed by atoms with Gasteiger partial charge in [0, 0.05) is 39.4 Å². The van der Waals surface area contributed by atoms with E-state index < -0.39 is 5.41 Å². The molecule has 1 unspecified atom stereocenters. The first-order chi connectivity index (χ1) is 31.1. The highest BCUT2D eigenvalue weighted by Gasteiger charge is 2.49. The Morgan fingerprint density at radius 2 is 0.766 bits per heavy atom. The molecule has 0 N–H and O–H groups in total. The Hall–Kier alpha value is -7.42. The van der Waals surface area contributed by atoms with Crippen molar-refractivity contribution in [1.29, 1.82) is 0 Å². The number of rotatable bonds is 8. The van der Waals surface area contributed by atoms with Gasteiger partial charge in [-0.2, -0.15) is 0 Å². The molecule has 2 heteroatoms. The lowest BCUT2D eigenvalue weighted by Crippen LogP contribution is -2.30. The normalized spacial score (nSPS) is 15.2. The summed E-state index contributed by atoms with van der Waals surface area (Å²) in [5, 5.41) is 0. The molecule has 2 aliphatic rings. The summed E-state index contributed by atoms with van der Waals surface area (Å²) < 4.78 is 0. The predicted octanol–water partition coefficient (Wildman–Crippen LogP) is 16.5. The molecular weight excluding hydrogens is 773 g/mol. The third-order valence-corrected chi connectivity index (χ3v) is 14.0. The molecule has 1 atom stereocenters. The molecule has 11 rings (SSSR count). The van der Waals surface area contributed by atoms with Crippen LogP contribution < -0.4 is 9.80 Å². The summed E-state index contributed by atoms with van der Waals surface area (Å²) in [7, 11) is 0. The summed E-state index contributed by atoms with van der Waals surface area (Å²) in [5.41, 5.74) is 23.7. The van der Waals surface area contributed by atoms with Crippen LogP contribution in [0.3, 0.4) is 0 Å². The van der Waals surface area contributed by atoms with Crippen LogP contribution in [0.1, 0.15) is 69.5 Å². The smallest absolute Gasteiger partial charge is 0.0715 e. The fourth-order valence-corrected chi connectivity index (χ4v) is 10.7. The van der Waals surface area contributed by atoms with Gasteiger partial charge in [0.05, 0.1) is 11.1 Å². The van der Waals surface area contributed by atoms with Gasteiger partial charge >= 0.3 is 0 Å². The zero-order valence-corrected chi connectivity index (χ0v) is 37.5. The first-order valence-corrected chi connectivity index (χ1v) is 22.6. The van der Waals surface area contributed by atoms with E-state index in [1.165, 1.54) is 77.9 Å². The molecular formula is C62H52N2. The number of hydrogen-bond donors (Lipinski definition) is 0. The van der Waals surface area contributed by atoms with Crippen LogP contribution in [-0.2, 0) is 10.8 Å². The van der Waals surface area contributed by atoms with Crippen molar-refractivity contribution in [2.24, 2.45) is 0 Å². The van der Waals surface area contributed by atoms with Gasteiger partial charge < -0.3 is 9.80 Å². The van der Waals surface area contributed by atoms with Crippen molar-refractivity contribution < 1.29 is 0 Å². The van der Waals surface area contributed by atoms with Crippen LogP contribution >= 0.6 is 0 Å². The molecule has 0 aromatic heterocycles. The van der Waals surface area contributed by atoms with Crippen LogP contribution in [0.25, 0.3) is 22.3 Å². The molecule has 0 spiro atoms. The lowest BCUT2D eigenvalue weighted by Gasteiger charge is -2.37.